The van der Waals surface area contributed by atoms with E-state index in [2.05, 4.69) is 45.6 Å². The minimum atomic E-state index is -1.36. The van der Waals surface area contributed by atoms with E-state index in [1.807, 2.05) is 49.6 Å². The third-order valence-corrected chi connectivity index (χ3v) is 7.25. The first-order valence-electron chi connectivity index (χ1n) is 12.8. The summed E-state index contributed by atoms with van der Waals surface area (Å²) < 4.78 is 5.91. The van der Waals surface area contributed by atoms with Gasteiger partial charge in [-0.05, 0) is 69.5 Å². The van der Waals surface area contributed by atoms with E-state index in [9.17, 15) is 10.2 Å². The largest absolute Gasteiger partial charge is 0.396 e. The molecule has 0 fully saturated rings. The van der Waals surface area contributed by atoms with Crippen LogP contribution in [0.4, 0.5) is 5.69 Å². The van der Waals surface area contributed by atoms with Crippen LogP contribution in [0.25, 0.3) is 0 Å². The third-order valence-electron chi connectivity index (χ3n) is 5.89. The van der Waals surface area contributed by atoms with E-state index < -0.39 is 11.9 Å². The first-order valence-corrected chi connectivity index (χ1v) is 14.1. The summed E-state index contributed by atoms with van der Waals surface area (Å²) in [6.45, 7) is 13.6. The second-order valence-electron chi connectivity index (χ2n) is 9.31. The molecule has 0 amide bonds. The van der Waals surface area contributed by atoms with Gasteiger partial charge in [-0.2, -0.15) is 0 Å². The molecule has 2 atom stereocenters. The summed E-state index contributed by atoms with van der Waals surface area (Å²) in [6, 6.07) is 11.8. The molecular formula is C28H41N5O3S2. The Morgan fingerprint density at radius 1 is 1.21 bits per heavy atom. The number of aryl methyl sites for hydroxylation is 1. The number of aliphatic hydroxyl groups is 2. The van der Waals surface area contributed by atoms with Crippen LogP contribution < -0.4 is 16.0 Å². The minimum absolute atomic E-state index is 0.0684. The minimum Gasteiger partial charge on any atom is -0.396 e. The van der Waals surface area contributed by atoms with Crippen molar-refractivity contribution >= 4 is 46.9 Å². The molecule has 0 aliphatic rings. The zero-order valence-corrected chi connectivity index (χ0v) is 24.6. The third kappa shape index (κ3) is 10.3. The van der Waals surface area contributed by atoms with Gasteiger partial charge in [0.2, 0.25) is 5.96 Å². The standard InChI is InChI=1S/C28H41N5O3S2/c1-7-20(18-34)23(36-28(4,5)35)16-30-25(22(8-2)26(37)32-21-12-10-9-11-13-21)33-27(29-6)31-17-24-19(3)14-15-38-24/h9-15,20,23,30,34-35H,6-8,16-18H2,1-5H3,(H,31,33)(H,32,37)/b25-22+. The summed E-state index contributed by atoms with van der Waals surface area (Å²) in [5.41, 5.74) is 2.87. The fraction of sp³-hybridized carbons (Fsp3) is 0.464. The lowest BCUT2D eigenvalue weighted by Gasteiger charge is -2.32. The Morgan fingerprint density at radius 3 is 2.45 bits per heavy atom. The predicted molar refractivity (Wildman–Crippen MR) is 163 cm³/mol. The predicted octanol–water partition coefficient (Wildman–Crippen LogP) is 4.99. The van der Waals surface area contributed by atoms with Gasteiger partial charge in [-0.1, -0.05) is 44.3 Å². The van der Waals surface area contributed by atoms with Crippen LogP contribution in [-0.4, -0.2) is 52.9 Å². The van der Waals surface area contributed by atoms with E-state index in [1.54, 1.807) is 25.2 Å². The average molecular weight is 560 g/mol. The summed E-state index contributed by atoms with van der Waals surface area (Å²) in [5, 5.41) is 32.3. The molecule has 0 spiro atoms. The first-order chi connectivity index (χ1) is 18.1. The summed E-state index contributed by atoms with van der Waals surface area (Å²) >= 11 is 7.43. The lowest BCUT2D eigenvalue weighted by atomic mass is 9.99. The quantitative estimate of drug-likeness (QED) is 0.0730. The number of thiophene rings is 1. The van der Waals surface area contributed by atoms with Crippen molar-refractivity contribution in [3.8, 4) is 0 Å². The number of anilines is 1. The fourth-order valence-corrected chi connectivity index (χ4v) is 4.94. The van der Waals surface area contributed by atoms with E-state index >= 15 is 0 Å². The maximum absolute atomic E-state index is 10.3. The van der Waals surface area contributed by atoms with Crippen LogP contribution in [0.15, 0.2) is 63.2 Å². The van der Waals surface area contributed by atoms with Gasteiger partial charge in [0, 0.05) is 35.2 Å². The van der Waals surface area contributed by atoms with Crippen molar-refractivity contribution in [2.24, 2.45) is 15.9 Å². The highest BCUT2D eigenvalue weighted by atomic mass is 32.1. The van der Waals surface area contributed by atoms with Gasteiger partial charge < -0.3 is 30.9 Å². The van der Waals surface area contributed by atoms with Gasteiger partial charge in [-0.25, -0.2) is 9.98 Å². The number of guanidine groups is 1. The van der Waals surface area contributed by atoms with Crippen molar-refractivity contribution < 1.29 is 14.9 Å². The number of ether oxygens (including phenoxy) is 1. The Kier molecular flexibility index (Phi) is 13.1. The van der Waals surface area contributed by atoms with E-state index in [4.69, 9.17) is 17.0 Å². The van der Waals surface area contributed by atoms with Crippen LogP contribution in [0, 0.1) is 12.8 Å². The Bertz CT molecular complexity index is 1090. The van der Waals surface area contributed by atoms with Crippen molar-refractivity contribution in [3.63, 3.8) is 0 Å². The highest BCUT2D eigenvalue weighted by Gasteiger charge is 2.27. The van der Waals surface area contributed by atoms with E-state index in [-0.39, 0.29) is 12.5 Å². The van der Waals surface area contributed by atoms with E-state index in [0.717, 1.165) is 16.1 Å². The summed E-state index contributed by atoms with van der Waals surface area (Å²) in [4.78, 5) is 10.4. The van der Waals surface area contributed by atoms with Crippen LogP contribution in [-0.2, 0) is 11.3 Å². The van der Waals surface area contributed by atoms with Gasteiger partial charge in [0.25, 0.3) is 0 Å². The van der Waals surface area contributed by atoms with Crippen molar-refractivity contribution in [2.75, 3.05) is 18.5 Å². The maximum atomic E-state index is 10.3. The van der Waals surface area contributed by atoms with Gasteiger partial charge in [-0.15, -0.1) is 11.3 Å². The molecule has 0 radical (unpaired) electrons. The number of thiocarbonyl (C=S) groups is 1. The molecule has 1 aromatic heterocycles. The molecule has 0 aliphatic carbocycles. The fourth-order valence-electron chi connectivity index (χ4n) is 3.75. The summed E-state index contributed by atoms with van der Waals surface area (Å²) in [7, 11) is 0. The van der Waals surface area contributed by atoms with Gasteiger partial charge in [-0.3, -0.25) is 0 Å². The Morgan fingerprint density at radius 2 is 1.92 bits per heavy atom. The number of hydrogen-bond donors (Lipinski definition) is 5. The van der Waals surface area contributed by atoms with Crippen LogP contribution in [0.5, 0.6) is 0 Å². The average Bonchev–Trinajstić information content (AvgIpc) is 3.29. The zero-order chi connectivity index (χ0) is 28.1. The highest BCUT2D eigenvalue weighted by molar-refractivity contribution is 7.81. The number of aliphatic hydroxyl groups excluding tert-OH is 1. The molecule has 0 bridgehead atoms. The molecule has 0 aliphatic heterocycles. The van der Waals surface area contributed by atoms with E-state index in [0.29, 0.717) is 42.7 Å². The number of nitrogens with zero attached hydrogens (tertiary/aromatic N) is 2. The second kappa shape index (κ2) is 15.7. The first kappa shape index (κ1) is 31.6. The number of para-hydroxylation sites is 1. The molecule has 38 heavy (non-hydrogen) atoms. The molecule has 0 saturated heterocycles. The van der Waals surface area contributed by atoms with Crippen LogP contribution in [0.1, 0.15) is 51.0 Å². The molecule has 2 rings (SSSR count). The van der Waals surface area contributed by atoms with Crippen molar-refractivity contribution in [3.05, 3.63) is 63.6 Å². The molecule has 2 aromatic rings. The lowest BCUT2D eigenvalue weighted by molar-refractivity contribution is -0.217. The Labute approximate surface area is 236 Å². The zero-order valence-electron chi connectivity index (χ0n) is 23.0. The van der Waals surface area contributed by atoms with Crippen molar-refractivity contribution in [2.45, 2.75) is 65.9 Å². The normalized spacial score (nSPS) is 14.3. The van der Waals surface area contributed by atoms with Crippen molar-refractivity contribution in [1.29, 1.82) is 0 Å². The number of rotatable bonds is 14. The molecule has 1 aromatic carbocycles. The topological polar surface area (TPSA) is 111 Å². The number of hydrogen-bond acceptors (Lipinski definition) is 7. The molecule has 0 saturated carbocycles. The van der Waals surface area contributed by atoms with E-state index in [1.165, 1.54) is 5.56 Å². The van der Waals surface area contributed by atoms with Crippen LogP contribution in [0.3, 0.4) is 0 Å². The maximum Gasteiger partial charge on any atom is 0.223 e. The summed E-state index contributed by atoms with van der Waals surface area (Å²) in [6.07, 6.45) is 0.819. The lowest BCUT2D eigenvalue weighted by Crippen LogP contribution is -2.45. The number of aliphatic imine (C=N–C) groups is 2. The Hall–Kier alpha value is -2.63. The van der Waals surface area contributed by atoms with Gasteiger partial charge in [0.05, 0.1) is 12.6 Å². The number of nitrogens with one attached hydrogen (secondary N) is 3. The van der Waals surface area contributed by atoms with Gasteiger partial charge in [0.1, 0.15) is 10.8 Å². The molecule has 8 nitrogen and oxygen atoms in total. The molecule has 208 valence electrons. The summed E-state index contributed by atoms with van der Waals surface area (Å²) in [5.74, 6) is -0.588. The number of benzene rings is 1. The smallest absolute Gasteiger partial charge is 0.223 e. The van der Waals surface area contributed by atoms with Crippen LogP contribution in [0.2, 0.25) is 0 Å². The van der Waals surface area contributed by atoms with Gasteiger partial charge in [0.15, 0.2) is 5.79 Å². The monoisotopic (exact) mass is 559 g/mol. The molecule has 5 N–H and O–H groups in total. The van der Waals surface area contributed by atoms with Crippen LogP contribution >= 0.6 is 23.6 Å². The molecular weight excluding hydrogens is 518 g/mol. The van der Waals surface area contributed by atoms with Crippen molar-refractivity contribution in [1.82, 2.24) is 10.6 Å². The highest BCUT2D eigenvalue weighted by Crippen LogP contribution is 2.20. The SMILES string of the molecule is C=NC(=NCc1sccc1C)N/C(NCC(OC(C)(C)O)C(CC)CO)=C(\CC)C(=S)Nc1ccccc1. The molecule has 10 heteroatoms. The molecule has 2 unspecified atom stereocenters. The Balaban J connectivity index is 2.39. The molecule has 1 heterocycles. The van der Waals surface area contributed by atoms with Gasteiger partial charge >= 0.3 is 0 Å². The second-order valence-corrected chi connectivity index (χ2v) is 10.7.